The van der Waals surface area contributed by atoms with Crippen LogP contribution in [0.3, 0.4) is 0 Å². The maximum Gasteiger partial charge on any atom is 0.227 e. The summed E-state index contributed by atoms with van der Waals surface area (Å²) >= 11 is 0. The summed E-state index contributed by atoms with van der Waals surface area (Å²) in [5.74, 6) is -0.556. The Labute approximate surface area is 148 Å². The maximum absolute atomic E-state index is 13.1. The van der Waals surface area contributed by atoms with Crippen molar-refractivity contribution in [3.8, 4) is 6.07 Å². The number of nitrogens with zero attached hydrogens (tertiary/aromatic N) is 2. The van der Waals surface area contributed by atoms with Crippen LogP contribution in [0.5, 0.6) is 0 Å². The first-order chi connectivity index (χ1) is 12.1. The minimum Gasteiger partial charge on any atom is -0.338 e. The molecule has 4 rings (SSSR count). The van der Waals surface area contributed by atoms with E-state index >= 15 is 0 Å². The van der Waals surface area contributed by atoms with E-state index < -0.39 is 5.54 Å². The van der Waals surface area contributed by atoms with Crippen LogP contribution in [0.15, 0.2) is 24.3 Å². The first-order valence-electron chi connectivity index (χ1n) is 9.21. The summed E-state index contributed by atoms with van der Waals surface area (Å²) < 4.78 is 0. The van der Waals surface area contributed by atoms with E-state index in [1.165, 1.54) is 11.1 Å². The van der Waals surface area contributed by atoms with Crippen molar-refractivity contribution in [3.05, 3.63) is 35.4 Å². The van der Waals surface area contributed by atoms with Crippen molar-refractivity contribution < 1.29 is 9.59 Å². The van der Waals surface area contributed by atoms with Crippen LogP contribution >= 0.6 is 0 Å². The number of hydrogen-bond acceptors (Lipinski definition) is 3. The summed E-state index contributed by atoms with van der Waals surface area (Å²) in [7, 11) is 0. The first-order valence-corrected chi connectivity index (χ1v) is 9.21. The van der Waals surface area contributed by atoms with Gasteiger partial charge in [0.25, 0.3) is 0 Å². The van der Waals surface area contributed by atoms with Crippen molar-refractivity contribution in [3.63, 3.8) is 0 Å². The van der Waals surface area contributed by atoms with Crippen LogP contribution in [-0.4, -0.2) is 22.3 Å². The van der Waals surface area contributed by atoms with E-state index in [9.17, 15) is 14.9 Å². The summed E-state index contributed by atoms with van der Waals surface area (Å²) in [6.45, 7) is 1.28. The Hall–Kier alpha value is -2.35. The third-order valence-corrected chi connectivity index (χ3v) is 5.90. The van der Waals surface area contributed by atoms with Crippen molar-refractivity contribution in [1.29, 1.82) is 5.26 Å². The lowest BCUT2D eigenvalue weighted by Crippen LogP contribution is -2.47. The zero-order chi connectivity index (χ0) is 17.4. The molecular formula is C20H23N3O2. The van der Waals surface area contributed by atoms with Crippen molar-refractivity contribution >= 4 is 11.8 Å². The molecule has 5 heteroatoms. The van der Waals surface area contributed by atoms with E-state index in [0.29, 0.717) is 13.1 Å². The zero-order valence-corrected chi connectivity index (χ0v) is 14.3. The minimum atomic E-state index is -0.661. The molecule has 0 saturated heterocycles. The van der Waals surface area contributed by atoms with Crippen LogP contribution in [0, 0.1) is 23.2 Å². The fourth-order valence-corrected chi connectivity index (χ4v) is 4.18. The predicted octanol–water partition coefficient (Wildman–Crippen LogP) is 2.51. The van der Waals surface area contributed by atoms with Gasteiger partial charge >= 0.3 is 0 Å². The smallest absolute Gasteiger partial charge is 0.227 e. The summed E-state index contributed by atoms with van der Waals surface area (Å²) in [6, 6.07) is 10.3. The molecule has 0 spiro atoms. The molecule has 2 atom stereocenters. The summed E-state index contributed by atoms with van der Waals surface area (Å²) in [5.41, 5.74) is 1.74. The van der Waals surface area contributed by atoms with Crippen molar-refractivity contribution in [2.45, 2.75) is 57.2 Å². The van der Waals surface area contributed by atoms with E-state index in [1.54, 1.807) is 0 Å². The Kier molecular flexibility index (Phi) is 3.99. The lowest BCUT2D eigenvalue weighted by atomic mass is 9.77. The number of carbonyl (C=O) groups excluding carboxylic acids is 2. The van der Waals surface area contributed by atoms with Crippen molar-refractivity contribution in [2.24, 2.45) is 11.8 Å². The van der Waals surface area contributed by atoms with Crippen LogP contribution < -0.4 is 5.32 Å². The predicted molar refractivity (Wildman–Crippen MR) is 91.9 cm³/mol. The Morgan fingerprint density at radius 1 is 1.08 bits per heavy atom. The summed E-state index contributed by atoms with van der Waals surface area (Å²) in [6.07, 6.45) is 4.92. The molecule has 1 heterocycles. The van der Waals surface area contributed by atoms with Crippen LogP contribution in [0.25, 0.3) is 0 Å². The molecule has 3 aliphatic rings. The number of nitriles is 1. The van der Waals surface area contributed by atoms with Crippen molar-refractivity contribution in [2.75, 3.05) is 0 Å². The molecule has 1 aromatic carbocycles. The second kappa shape index (κ2) is 6.18. The molecule has 0 aromatic heterocycles. The molecule has 1 aromatic rings. The molecular weight excluding hydrogens is 314 g/mol. The molecule has 1 N–H and O–H groups in total. The van der Waals surface area contributed by atoms with E-state index in [4.69, 9.17) is 0 Å². The minimum absolute atomic E-state index is 0.0952. The van der Waals surface area contributed by atoms with Gasteiger partial charge in [-0.2, -0.15) is 5.26 Å². The van der Waals surface area contributed by atoms with Gasteiger partial charge in [-0.1, -0.05) is 37.1 Å². The third kappa shape index (κ3) is 3.02. The molecule has 2 unspecified atom stereocenters. The molecule has 1 aliphatic heterocycles. The quantitative estimate of drug-likeness (QED) is 0.921. The average Bonchev–Trinajstić information content (AvgIpc) is 3.28. The fourth-order valence-electron chi connectivity index (χ4n) is 4.18. The van der Waals surface area contributed by atoms with E-state index in [1.807, 2.05) is 17.0 Å². The van der Waals surface area contributed by atoms with E-state index in [0.717, 1.165) is 38.5 Å². The number of rotatable bonds is 3. The first kappa shape index (κ1) is 16.1. The van der Waals surface area contributed by atoms with E-state index in [2.05, 4.69) is 23.5 Å². The lowest BCUT2D eigenvalue weighted by Gasteiger charge is -2.33. The van der Waals surface area contributed by atoms with Gasteiger partial charge in [-0.3, -0.25) is 9.59 Å². The Balaban J connectivity index is 1.47. The van der Waals surface area contributed by atoms with Gasteiger partial charge in [0.2, 0.25) is 11.8 Å². The number of hydrogen-bond donors (Lipinski definition) is 1. The molecule has 2 aliphatic carbocycles. The number of amides is 2. The van der Waals surface area contributed by atoms with Gasteiger partial charge in [0.05, 0.1) is 6.07 Å². The summed E-state index contributed by atoms with van der Waals surface area (Å²) in [4.78, 5) is 27.7. The highest BCUT2D eigenvalue weighted by molar-refractivity contribution is 5.89. The Morgan fingerprint density at radius 3 is 2.24 bits per heavy atom. The van der Waals surface area contributed by atoms with Crippen LogP contribution in [-0.2, 0) is 22.7 Å². The largest absolute Gasteiger partial charge is 0.338 e. The summed E-state index contributed by atoms with van der Waals surface area (Å²) in [5, 5.41) is 12.1. The second-order valence-corrected chi connectivity index (χ2v) is 7.64. The topological polar surface area (TPSA) is 73.2 Å². The van der Waals surface area contributed by atoms with Gasteiger partial charge < -0.3 is 10.2 Å². The molecule has 25 heavy (non-hydrogen) atoms. The number of benzene rings is 1. The zero-order valence-electron chi connectivity index (χ0n) is 14.3. The maximum atomic E-state index is 13.1. The molecule has 2 amide bonds. The molecule has 5 nitrogen and oxygen atoms in total. The van der Waals surface area contributed by atoms with Gasteiger partial charge in [0.1, 0.15) is 5.54 Å². The number of fused-ring (bicyclic) bond motifs is 1. The molecule has 2 fully saturated rings. The monoisotopic (exact) mass is 337 g/mol. The normalized spacial score (nSPS) is 26.4. The molecule has 0 bridgehead atoms. The Bertz CT molecular complexity index is 723. The average molecular weight is 337 g/mol. The Morgan fingerprint density at radius 2 is 1.68 bits per heavy atom. The SMILES string of the molecule is N#CC1(NC(=O)C2CCCCC2C(=O)N2Cc3ccccc3C2)CC1. The highest BCUT2D eigenvalue weighted by Gasteiger charge is 2.47. The van der Waals surface area contributed by atoms with Gasteiger partial charge in [0.15, 0.2) is 0 Å². The van der Waals surface area contributed by atoms with Crippen LogP contribution in [0.4, 0.5) is 0 Å². The van der Waals surface area contributed by atoms with E-state index in [-0.39, 0.29) is 23.7 Å². The lowest BCUT2D eigenvalue weighted by molar-refractivity contribution is -0.144. The highest BCUT2D eigenvalue weighted by Crippen LogP contribution is 2.38. The van der Waals surface area contributed by atoms with Gasteiger partial charge in [-0.15, -0.1) is 0 Å². The highest BCUT2D eigenvalue weighted by atomic mass is 16.2. The second-order valence-electron chi connectivity index (χ2n) is 7.64. The fraction of sp³-hybridized carbons (Fsp3) is 0.550. The van der Waals surface area contributed by atoms with Crippen LogP contribution in [0.1, 0.15) is 49.7 Å². The molecule has 0 radical (unpaired) electrons. The van der Waals surface area contributed by atoms with Gasteiger partial charge in [0, 0.05) is 24.9 Å². The molecule has 130 valence electrons. The van der Waals surface area contributed by atoms with Gasteiger partial charge in [-0.05, 0) is 36.8 Å². The standard InChI is InChI=1S/C20H23N3O2/c21-13-20(9-10-20)22-18(24)16-7-3-4-8-17(16)19(25)23-11-14-5-1-2-6-15(14)12-23/h1-2,5-6,16-17H,3-4,7-12H2,(H,22,24). The molecule has 2 saturated carbocycles. The van der Waals surface area contributed by atoms with Crippen LogP contribution in [0.2, 0.25) is 0 Å². The van der Waals surface area contributed by atoms with Gasteiger partial charge in [-0.25, -0.2) is 0 Å². The third-order valence-electron chi connectivity index (χ3n) is 5.90. The van der Waals surface area contributed by atoms with Crippen molar-refractivity contribution in [1.82, 2.24) is 10.2 Å². The number of carbonyl (C=O) groups is 2. The number of nitrogens with one attached hydrogen (secondary N) is 1.